The molecule has 0 aliphatic carbocycles. The average Bonchev–Trinajstić information content (AvgIpc) is 2.53. The Balaban J connectivity index is 0.00000220. The Bertz CT molecular complexity index is 473. The number of nitrogens with two attached hydrogens (primary N) is 1. The normalized spacial score (nSPS) is 16.1. The molecule has 21 heavy (non-hydrogen) atoms. The minimum Gasteiger partial charge on any atom is -0.338 e. The van der Waals surface area contributed by atoms with Crippen molar-refractivity contribution < 1.29 is 9.59 Å². The Morgan fingerprint density at radius 2 is 1.62 bits per heavy atom. The topological polar surface area (TPSA) is 66.6 Å². The van der Waals surface area contributed by atoms with Gasteiger partial charge in [-0.3, -0.25) is 9.59 Å². The first-order chi connectivity index (χ1) is 9.63. The van der Waals surface area contributed by atoms with Gasteiger partial charge in [0.25, 0.3) is 5.91 Å². The van der Waals surface area contributed by atoms with Gasteiger partial charge in [0, 0.05) is 31.7 Å². The molecule has 6 heteroatoms. The van der Waals surface area contributed by atoms with E-state index in [0.717, 1.165) is 0 Å². The first kappa shape index (κ1) is 17.5. The molecule has 1 aromatic carbocycles. The SMILES string of the molecule is CC[C@H](N)C(=O)N1CCN(C(=O)c2ccccc2)CC1.Cl. The second-order valence-electron chi connectivity index (χ2n) is 5.00. The molecule has 2 rings (SSSR count). The molecule has 1 aliphatic heterocycles. The van der Waals surface area contributed by atoms with Crippen LogP contribution in [0.3, 0.4) is 0 Å². The van der Waals surface area contributed by atoms with Crippen LogP contribution in [0.4, 0.5) is 0 Å². The Labute approximate surface area is 131 Å². The number of hydrogen-bond acceptors (Lipinski definition) is 3. The largest absolute Gasteiger partial charge is 0.338 e. The number of halogens is 1. The van der Waals surface area contributed by atoms with Crippen LogP contribution < -0.4 is 5.73 Å². The van der Waals surface area contributed by atoms with E-state index in [9.17, 15) is 9.59 Å². The van der Waals surface area contributed by atoms with Crippen LogP contribution in [0.5, 0.6) is 0 Å². The standard InChI is InChI=1S/C15H21N3O2.ClH/c1-2-13(16)15(20)18-10-8-17(9-11-18)14(19)12-6-4-3-5-7-12;/h3-7,13H,2,8-11,16H2,1H3;1H/t13-;/m0./s1. The lowest BCUT2D eigenvalue weighted by atomic mass is 10.1. The lowest BCUT2D eigenvalue weighted by Gasteiger charge is -2.35. The molecule has 1 atom stereocenters. The lowest BCUT2D eigenvalue weighted by molar-refractivity contribution is -0.134. The maximum Gasteiger partial charge on any atom is 0.253 e. The van der Waals surface area contributed by atoms with Crippen molar-refractivity contribution in [3.63, 3.8) is 0 Å². The molecule has 1 heterocycles. The van der Waals surface area contributed by atoms with E-state index in [1.165, 1.54) is 0 Å². The molecule has 0 unspecified atom stereocenters. The van der Waals surface area contributed by atoms with E-state index < -0.39 is 6.04 Å². The van der Waals surface area contributed by atoms with Crippen LogP contribution in [-0.4, -0.2) is 53.8 Å². The van der Waals surface area contributed by atoms with Gasteiger partial charge in [-0.15, -0.1) is 12.4 Å². The number of piperazine rings is 1. The minimum absolute atomic E-state index is 0. The number of nitrogens with zero attached hydrogens (tertiary/aromatic N) is 2. The first-order valence-electron chi connectivity index (χ1n) is 7.02. The Kier molecular flexibility index (Phi) is 6.65. The summed E-state index contributed by atoms with van der Waals surface area (Å²) < 4.78 is 0. The molecule has 1 aliphatic rings. The summed E-state index contributed by atoms with van der Waals surface area (Å²) in [6.45, 7) is 4.15. The van der Waals surface area contributed by atoms with Gasteiger partial charge in [-0.25, -0.2) is 0 Å². The van der Waals surface area contributed by atoms with Crippen molar-refractivity contribution in [2.24, 2.45) is 5.73 Å². The highest BCUT2D eigenvalue weighted by atomic mass is 35.5. The molecule has 1 saturated heterocycles. The number of hydrogen-bond donors (Lipinski definition) is 1. The van der Waals surface area contributed by atoms with Gasteiger partial charge < -0.3 is 15.5 Å². The summed E-state index contributed by atoms with van der Waals surface area (Å²) in [7, 11) is 0. The van der Waals surface area contributed by atoms with E-state index >= 15 is 0 Å². The van der Waals surface area contributed by atoms with Crippen molar-refractivity contribution in [1.29, 1.82) is 0 Å². The summed E-state index contributed by atoms with van der Waals surface area (Å²) >= 11 is 0. The maximum absolute atomic E-state index is 12.3. The third-order valence-electron chi connectivity index (χ3n) is 3.66. The highest BCUT2D eigenvalue weighted by Crippen LogP contribution is 2.09. The number of amides is 2. The summed E-state index contributed by atoms with van der Waals surface area (Å²) in [6.07, 6.45) is 0.641. The van der Waals surface area contributed by atoms with Crippen molar-refractivity contribution >= 4 is 24.2 Å². The average molecular weight is 312 g/mol. The zero-order valence-corrected chi connectivity index (χ0v) is 13.0. The van der Waals surface area contributed by atoms with Crippen LogP contribution in [0, 0.1) is 0 Å². The quantitative estimate of drug-likeness (QED) is 0.910. The predicted octanol–water partition coefficient (Wildman–Crippen LogP) is 1.13. The number of rotatable bonds is 3. The fourth-order valence-electron chi connectivity index (χ4n) is 2.30. The summed E-state index contributed by atoms with van der Waals surface area (Å²) in [5, 5.41) is 0. The molecule has 0 saturated carbocycles. The van der Waals surface area contributed by atoms with Gasteiger partial charge in [0.05, 0.1) is 6.04 Å². The summed E-state index contributed by atoms with van der Waals surface area (Å²) in [4.78, 5) is 27.8. The van der Waals surface area contributed by atoms with Crippen LogP contribution in [-0.2, 0) is 4.79 Å². The highest BCUT2D eigenvalue weighted by molar-refractivity contribution is 5.94. The monoisotopic (exact) mass is 311 g/mol. The van der Waals surface area contributed by atoms with Gasteiger partial charge in [0.1, 0.15) is 0 Å². The van der Waals surface area contributed by atoms with E-state index in [-0.39, 0.29) is 24.2 Å². The van der Waals surface area contributed by atoms with Crippen molar-refractivity contribution in [2.45, 2.75) is 19.4 Å². The molecule has 1 fully saturated rings. The highest BCUT2D eigenvalue weighted by Gasteiger charge is 2.26. The molecule has 0 spiro atoms. The van der Waals surface area contributed by atoms with Crippen LogP contribution in [0.15, 0.2) is 30.3 Å². The van der Waals surface area contributed by atoms with Gasteiger partial charge in [0.2, 0.25) is 5.91 Å². The van der Waals surface area contributed by atoms with E-state index in [0.29, 0.717) is 38.2 Å². The van der Waals surface area contributed by atoms with E-state index in [1.54, 1.807) is 9.80 Å². The zero-order valence-electron chi connectivity index (χ0n) is 12.2. The van der Waals surface area contributed by atoms with Gasteiger partial charge in [-0.2, -0.15) is 0 Å². The fraction of sp³-hybridized carbons (Fsp3) is 0.467. The molecule has 2 amide bonds. The van der Waals surface area contributed by atoms with E-state index in [2.05, 4.69) is 0 Å². The fourth-order valence-corrected chi connectivity index (χ4v) is 2.30. The third-order valence-corrected chi connectivity index (χ3v) is 3.66. The number of benzene rings is 1. The molecule has 5 nitrogen and oxygen atoms in total. The van der Waals surface area contributed by atoms with Gasteiger partial charge >= 0.3 is 0 Å². The Hall–Kier alpha value is -1.59. The molecule has 116 valence electrons. The van der Waals surface area contributed by atoms with Crippen molar-refractivity contribution in [3.05, 3.63) is 35.9 Å². The Morgan fingerprint density at radius 3 is 2.14 bits per heavy atom. The van der Waals surface area contributed by atoms with Crippen LogP contribution in [0.1, 0.15) is 23.7 Å². The summed E-state index contributed by atoms with van der Waals surface area (Å²) in [5.41, 5.74) is 6.45. The molecular weight excluding hydrogens is 290 g/mol. The van der Waals surface area contributed by atoms with Crippen LogP contribution in [0.2, 0.25) is 0 Å². The smallest absolute Gasteiger partial charge is 0.253 e. The van der Waals surface area contributed by atoms with Gasteiger partial charge in [-0.05, 0) is 18.6 Å². The number of carbonyl (C=O) groups excluding carboxylic acids is 2. The second kappa shape index (κ2) is 8.00. The van der Waals surface area contributed by atoms with Crippen LogP contribution >= 0.6 is 12.4 Å². The molecule has 0 bridgehead atoms. The lowest BCUT2D eigenvalue weighted by Crippen LogP contribution is -2.54. The Morgan fingerprint density at radius 1 is 1.10 bits per heavy atom. The van der Waals surface area contributed by atoms with Gasteiger partial charge in [0.15, 0.2) is 0 Å². The summed E-state index contributed by atoms with van der Waals surface area (Å²) in [6, 6.07) is 8.80. The second-order valence-corrected chi connectivity index (χ2v) is 5.00. The third kappa shape index (κ3) is 4.19. The molecule has 0 radical (unpaired) electrons. The van der Waals surface area contributed by atoms with E-state index in [4.69, 9.17) is 5.73 Å². The number of carbonyl (C=O) groups is 2. The first-order valence-corrected chi connectivity index (χ1v) is 7.02. The van der Waals surface area contributed by atoms with Crippen molar-refractivity contribution in [3.8, 4) is 0 Å². The maximum atomic E-state index is 12.3. The van der Waals surface area contributed by atoms with Crippen molar-refractivity contribution in [1.82, 2.24) is 9.80 Å². The molecule has 2 N–H and O–H groups in total. The summed E-state index contributed by atoms with van der Waals surface area (Å²) in [5.74, 6) is 0.0109. The minimum atomic E-state index is -0.425. The zero-order chi connectivity index (χ0) is 14.5. The predicted molar refractivity (Wildman–Crippen MR) is 84.4 cm³/mol. The van der Waals surface area contributed by atoms with E-state index in [1.807, 2.05) is 37.3 Å². The molecule has 1 aromatic rings. The van der Waals surface area contributed by atoms with Crippen molar-refractivity contribution in [2.75, 3.05) is 26.2 Å². The molecular formula is C15H22ClN3O2. The van der Waals surface area contributed by atoms with Crippen LogP contribution in [0.25, 0.3) is 0 Å². The van der Waals surface area contributed by atoms with Gasteiger partial charge in [-0.1, -0.05) is 25.1 Å². The molecule has 0 aromatic heterocycles.